The van der Waals surface area contributed by atoms with Crippen molar-refractivity contribution in [1.82, 2.24) is 5.32 Å². The fourth-order valence-corrected chi connectivity index (χ4v) is 2.66. The zero-order valence-electron chi connectivity index (χ0n) is 9.70. The molecule has 0 atom stereocenters. The molecule has 5 N–H and O–H groups in total. The number of thiophene rings is 1. The average molecular weight is 267 g/mol. The predicted molar refractivity (Wildman–Crippen MR) is 72.2 cm³/mol. The highest BCUT2D eigenvalue weighted by Gasteiger charge is 2.16. The number of halogens is 1. The topological polar surface area (TPSA) is 81.1 Å². The number of amides is 1. The van der Waals surface area contributed by atoms with Gasteiger partial charge in [0.1, 0.15) is 10.7 Å². The lowest BCUT2D eigenvalue weighted by Gasteiger charge is -2.02. The molecular weight excluding hydrogens is 253 g/mol. The highest BCUT2D eigenvalue weighted by atomic mass is 32.1. The highest BCUT2D eigenvalue weighted by molar-refractivity contribution is 7.21. The van der Waals surface area contributed by atoms with Crippen LogP contribution < -0.4 is 16.8 Å². The van der Waals surface area contributed by atoms with Gasteiger partial charge in [-0.15, -0.1) is 11.3 Å². The Morgan fingerprint density at radius 1 is 1.44 bits per heavy atom. The van der Waals surface area contributed by atoms with E-state index in [-0.39, 0.29) is 11.7 Å². The van der Waals surface area contributed by atoms with Crippen LogP contribution in [0.5, 0.6) is 0 Å². The molecule has 0 aliphatic heterocycles. The number of nitrogen functional groups attached to an aromatic ring is 1. The van der Waals surface area contributed by atoms with E-state index in [1.165, 1.54) is 23.5 Å². The molecule has 0 saturated heterocycles. The third-order valence-electron chi connectivity index (χ3n) is 2.56. The van der Waals surface area contributed by atoms with Gasteiger partial charge < -0.3 is 16.8 Å². The first-order chi connectivity index (χ1) is 8.63. The van der Waals surface area contributed by atoms with E-state index in [4.69, 9.17) is 11.5 Å². The number of carbonyl (C=O) groups excluding carboxylic acids is 1. The van der Waals surface area contributed by atoms with E-state index in [0.29, 0.717) is 35.5 Å². The van der Waals surface area contributed by atoms with Crippen LogP contribution in [0.1, 0.15) is 16.1 Å². The minimum absolute atomic E-state index is 0.234. The first-order valence-electron chi connectivity index (χ1n) is 5.59. The average Bonchev–Trinajstić information content (AvgIpc) is 2.67. The third kappa shape index (κ3) is 2.44. The molecule has 0 spiro atoms. The zero-order chi connectivity index (χ0) is 13.1. The van der Waals surface area contributed by atoms with Gasteiger partial charge in [0.25, 0.3) is 5.91 Å². The summed E-state index contributed by atoms with van der Waals surface area (Å²) < 4.78 is 13.9. The number of fused-ring (bicyclic) bond motifs is 1. The van der Waals surface area contributed by atoms with Gasteiger partial charge >= 0.3 is 0 Å². The van der Waals surface area contributed by atoms with Crippen LogP contribution in [-0.2, 0) is 0 Å². The number of rotatable bonds is 4. The lowest BCUT2D eigenvalue weighted by atomic mass is 10.2. The molecule has 0 unspecified atom stereocenters. The molecule has 2 rings (SSSR count). The minimum atomic E-state index is -0.359. The molecule has 0 aliphatic carbocycles. The first kappa shape index (κ1) is 12.8. The lowest BCUT2D eigenvalue weighted by molar-refractivity contribution is 0.0958. The number of benzene rings is 1. The molecule has 1 amide bonds. The summed E-state index contributed by atoms with van der Waals surface area (Å²) >= 11 is 1.26. The fourth-order valence-electron chi connectivity index (χ4n) is 1.64. The summed E-state index contributed by atoms with van der Waals surface area (Å²) in [4.78, 5) is 12.3. The quantitative estimate of drug-likeness (QED) is 0.737. The summed E-state index contributed by atoms with van der Waals surface area (Å²) in [6, 6.07) is 4.33. The van der Waals surface area contributed by atoms with Crippen LogP contribution in [0.4, 0.5) is 10.1 Å². The Morgan fingerprint density at radius 2 is 2.22 bits per heavy atom. The predicted octanol–water partition coefficient (Wildman–Crippen LogP) is 1.70. The maximum absolute atomic E-state index is 13.1. The summed E-state index contributed by atoms with van der Waals surface area (Å²) in [7, 11) is 0. The number of nitrogens with two attached hydrogens (primary N) is 2. The normalized spacial score (nSPS) is 10.8. The number of carbonyl (C=O) groups is 1. The molecule has 6 heteroatoms. The molecule has 18 heavy (non-hydrogen) atoms. The monoisotopic (exact) mass is 267 g/mol. The maximum atomic E-state index is 13.1. The Labute approximate surface area is 108 Å². The van der Waals surface area contributed by atoms with E-state index in [9.17, 15) is 9.18 Å². The fraction of sp³-hybridized carbons (Fsp3) is 0.250. The third-order valence-corrected chi connectivity index (χ3v) is 3.75. The molecule has 0 aliphatic rings. The summed E-state index contributed by atoms with van der Waals surface area (Å²) in [5.41, 5.74) is 11.6. The van der Waals surface area contributed by atoms with E-state index >= 15 is 0 Å². The molecule has 1 aromatic carbocycles. The van der Waals surface area contributed by atoms with E-state index in [1.54, 1.807) is 6.07 Å². The van der Waals surface area contributed by atoms with Crippen molar-refractivity contribution in [2.24, 2.45) is 5.73 Å². The molecule has 2 aromatic rings. The SMILES string of the molecule is NCCCNC(=O)c1sc2ccc(F)cc2c1N. The van der Waals surface area contributed by atoms with Crippen LogP contribution >= 0.6 is 11.3 Å². The summed E-state index contributed by atoms with van der Waals surface area (Å²) in [5.74, 6) is -0.593. The molecule has 0 fully saturated rings. The van der Waals surface area contributed by atoms with E-state index < -0.39 is 0 Å². The Morgan fingerprint density at radius 3 is 2.94 bits per heavy atom. The minimum Gasteiger partial charge on any atom is -0.397 e. The van der Waals surface area contributed by atoms with Crippen molar-refractivity contribution in [2.45, 2.75) is 6.42 Å². The van der Waals surface area contributed by atoms with Gasteiger partial charge in [-0.05, 0) is 31.2 Å². The smallest absolute Gasteiger partial charge is 0.263 e. The van der Waals surface area contributed by atoms with Crippen molar-refractivity contribution in [3.8, 4) is 0 Å². The van der Waals surface area contributed by atoms with Gasteiger partial charge in [0.15, 0.2) is 0 Å². The van der Waals surface area contributed by atoms with Gasteiger partial charge in [0.2, 0.25) is 0 Å². The second-order valence-corrected chi connectivity index (χ2v) is 4.94. The van der Waals surface area contributed by atoms with Crippen LogP contribution in [0.3, 0.4) is 0 Å². The number of hydrogen-bond acceptors (Lipinski definition) is 4. The molecule has 4 nitrogen and oxygen atoms in total. The van der Waals surface area contributed by atoms with E-state index in [2.05, 4.69) is 5.32 Å². The van der Waals surface area contributed by atoms with Gasteiger partial charge in [0, 0.05) is 16.6 Å². The largest absolute Gasteiger partial charge is 0.397 e. The molecule has 0 saturated carbocycles. The molecule has 1 heterocycles. The number of hydrogen-bond donors (Lipinski definition) is 3. The van der Waals surface area contributed by atoms with Crippen molar-refractivity contribution in [1.29, 1.82) is 0 Å². The molecular formula is C12H14FN3OS. The van der Waals surface area contributed by atoms with Crippen LogP contribution in [0, 0.1) is 5.82 Å². The van der Waals surface area contributed by atoms with Crippen LogP contribution in [0.2, 0.25) is 0 Å². The molecule has 0 bridgehead atoms. The lowest BCUT2D eigenvalue weighted by Crippen LogP contribution is -2.25. The summed E-state index contributed by atoms with van der Waals surface area (Å²) in [5, 5.41) is 3.32. The Hall–Kier alpha value is -1.66. The van der Waals surface area contributed by atoms with Crippen LogP contribution in [-0.4, -0.2) is 19.0 Å². The van der Waals surface area contributed by atoms with Crippen molar-refractivity contribution in [3.05, 3.63) is 28.9 Å². The van der Waals surface area contributed by atoms with Gasteiger partial charge in [-0.25, -0.2) is 4.39 Å². The zero-order valence-corrected chi connectivity index (χ0v) is 10.5. The standard InChI is InChI=1S/C12H14FN3OS/c13-7-2-3-9-8(6-7)10(15)11(18-9)12(17)16-5-1-4-14/h2-3,6H,1,4-5,14-15H2,(H,16,17). The Bertz CT molecular complexity index is 582. The van der Waals surface area contributed by atoms with Gasteiger partial charge in [-0.1, -0.05) is 0 Å². The van der Waals surface area contributed by atoms with Gasteiger partial charge in [0.05, 0.1) is 5.69 Å². The Kier molecular flexibility index (Phi) is 3.78. The van der Waals surface area contributed by atoms with E-state index in [0.717, 1.165) is 4.70 Å². The van der Waals surface area contributed by atoms with Crippen molar-refractivity contribution < 1.29 is 9.18 Å². The van der Waals surface area contributed by atoms with Crippen molar-refractivity contribution in [3.63, 3.8) is 0 Å². The van der Waals surface area contributed by atoms with Gasteiger partial charge in [-0.2, -0.15) is 0 Å². The summed E-state index contributed by atoms with van der Waals surface area (Å²) in [6.45, 7) is 1.03. The number of anilines is 1. The van der Waals surface area contributed by atoms with Gasteiger partial charge in [-0.3, -0.25) is 4.79 Å². The Balaban J connectivity index is 2.28. The summed E-state index contributed by atoms with van der Waals surface area (Å²) in [6.07, 6.45) is 0.713. The van der Waals surface area contributed by atoms with Crippen molar-refractivity contribution >= 4 is 33.0 Å². The maximum Gasteiger partial charge on any atom is 0.263 e. The molecule has 0 radical (unpaired) electrons. The highest BCUT2D eigenvalue weighted by Crippen LogP contribution is 2.33. The van der Waals surface area contributed by atoms with Crippen LogP contribution in [0.15, 0.2) is 18.2 Å². The van der Waals surface area contributed by atoms with E-state index in [1.807, 2.05) is 0 Å². The second-order valence-electron chi connectivity index (χ2n) is 3.88. The molecule has 1 aromatic heterocycles. The second kappa shape index (κ2) is 5.32. The van der Waals surface area contributed by atoms with Crippen LogP contribution in [0.25, 0.3) is 10.1 Å². The number of nitrogens with one attached hydrogen (secondary N) is 1. The molecule has 96 valence electrons. The van der Waals surface area contributed by atoms with Crippen molar-refractivity contribution in [2.75, 3.05) is 18.8 Å². The first-order valence-corrected chi connectivity index (χ1v) is 6.41.